The molecule has 10 aromatic carbocycles. The highest BCUT2D eigenvalue weighted by Gasteiger charge is 2.22. The van der Waals surface area contributed by atoms with Gasteiger partial charge in [0.05, 0.1) is 11.0 Å². The minimum atomic E-state index is 1.08. The molecule has 0 atom stereocenters. The number of rotatable bonds is 8. The second-order valence-corrected chi connectivity index (χ2v) is 15.3. The Balaban J connectivity index is 1.16. The third-order valence-electron chi connectivity index (χ3n) is 11.8. The molecule has 0 amide bonds. The van der Waals surface area contributed by atoms with Crippen molar-refractivity contribution in [2.24, 2.45) is 0 Å². The first-order valence-electron chi connectivity index (χ1n) is 20.6. The lowest BCUT2D eigenvalue weighted by Crippen LogP contribution is -2.10. The zero-order valence-corrected chi connectivity index (χ0v) is 33.0. The summed E-state index contributed by atoms with van der Waals surface area (Å²) in [6, 6.07) is 87.9. The quantitative estimate of drug-likeness (QED) is 0.150. The second-order valence-electron chi connectivity index (χ2n) is 15.3. The molecule has 0 bridgehead atoms. The Labute approximate surface area is 350 Å². The van der Waals surface area contributed by atoms with Crippen molar-refractivity contribution in [1.82, 2.24) is 4.57 Å². The molecule has 1 heterocycles. The SMILES string of the molecule is c1ccc(-c2ccc(N(c3ccc(-c4ccccc4)cc3)c3ccc4c5c(-c6ccccc6)cc6ccccc6c5n(-c5ccc(-c6ccccc6)cc5)c4c3)cc2)cc1. The van der Waals surface area contributed by atoms with Gasteiger partial charge in [-0.1, -0.05) is 188 Å². The maximum absolute atomic E-state index is 2.49. The molecule has 1 aromatic heterocycles. The van der Waals surface area contributed by atoms with Gasteiger partial charge < -0.3 is 9.47 Å². The van der Waals surface area contributed by atoms with Crippen molar-refractivity contribution < 1.29 is 0 Å². The van der Waals surface area contributed by atoms with Crippen LogP contribution in [-0.2, 0) is 0 Å². The summed E-state index contributed by atoms with van der Waals surface area (Å²) >= 11 is 0. The summed E-state index contributed by atoms with van der Waals surface area (Å²) < 4.78 is 2.49. The van der Waals surface area contributed by atoms with Crippen LogP contribution in [0.5, 0.6) is 0 Å². The molecule has 11 rings (SSSR count). The maximum atomic E-state index is 2.49. The van der Waals surface area contributed by atoms with Gasteiger partial charge in [0.25, 0.3) is 0 Å². The highest BCUT2D eigenvalue weighted by atomic mass is 15.1. The fraction of sp³-hybridized carbons (Fsp3) is 0. The fourth-order valence-electron chi connectivity index (χ4n) is 8.87. The molecule has 60 heavy (non-hydrogen) atoms. The van der Waals surface area contributed by atoms with Gasteiger partial charge >= 0.3 is 0 Å². The average molecular weight is 765 g/mol. The summed E-state index contributed by atoms with van der Waals surface area (Å²) in [5.41, 5.74) is 16.3. The van der Waals surface area contributed by atoms with Crippen LogP contribution in [0.15, 0.2) is 243 Å². The number of anilines is 3. The molecule has 0 aliphatic heterocycles. The van der Waals surface area contributed by atoms with Crippen LogP contribution in [0.3, 0.4) is 0 Å². The van der Waals surface area contributed by atoms with E-state index in [4.69, 9.17) is 0 Å². The predicted octanol–water partition coefficient (Wildman–Crippen LogP) is 16.1. The zero-order valence-electron chi connectivity index (χ0n) is 33.0. The van der Waals surface area contributed by atoms with Gasteiger partial charge in [-0.05, 0) is 104 Å². The van der Waals surface area contributed by atoms with Crippen LogP contribution in [0, 0.1) is 0 Å². The molecule has 0 aliphatic carbocycles. The first-order valence-corrected chi connectivity index (χ1v) is 20.6. The molecule has 0 aliphatic rings. The summed E-state index contributed by atoms with van der Waals surface area (Å²) in [4.78, 5) is 2.39. The highest BCUT2D eigenvalue weighted by Crippen LogP contribution is 2.45. The summed E-state index contributed by atoms with van der Waals surface area (Å²) in [6.45, 7) is 0. The standard InChI is InChI=1S/C58H40N2/c1-5-15-41(16-6-1)44-25-31-49(32-26-44)59(50-33-27-45(28-34-50)42-17-7-2-8-18-42)52-37-38-54-56(40-52)60(51-35-29-46(30-36-51)43-19-9-3-10-20-43)58-53-24-14-13-23-48(53)39-55(57(54)58)47-21-11-4-12-22-47/h1-40H. The number of hydrogen-bond acceptors (Lipinski definition) is 1. The molecule has 0 unspecified atom stereocenters. The first kappa shape index (κ1) is 35.2. The van der Waals surface area contributed by atoms with Crippen molar-refractivity contribution >= 4 is 49.6 Å². The number of fused-ring (bicyclic) bond motifs is 5. The molecule has 0 saturated carbocycles. The normalized spacial score (nSPS) is 11.3. The molecule has 0 saturated heterocycles. The van der Waals surface area contributed by atoms with Crippen LogP contribution in [-0.4, -0.2) is 4.57 Å². The third kappa shape index (κ3) is 6.32. The monoisotopic (exact) mass is 764 g/mol. The topological polar surface area (TPSA) is 8.17 Å². The molecule has 2 nitrogen and oxygen atoms in total. The van der Waals surface area contributed by atoms with E-state index in [1.807, 2.05) is 0 Å². The van der Waals surface area contributed by atoms with Gasteiger partial charge in [-0.15, -0.1) is 0 Å². The largest absolute Gasteiger partial charge is 0.310 e. The van der Waals surface area contributed by atoms with Crippen molar-refractivity contribution in [3.8, 4) is 50.2 Å². The lowest BCUT2D eigenvalue weighted by molar-refractivity contribution is 1.18. The highest BCUT2D eigenvalue weighted by molar-refractivity contribution is 6.24. The Morgan fingerprint density at radius 2 is 0.717 bits per heavy atom. The summed E-state index contributed by atoms with van der Waals surface area (Å²) in [5.74, 6) is 0. The zero-order chi connectivity index (χ0) is 39.8. The molecular formula is C58H40N2. The van der Waals surface area contributed by atoms with Gasteiger partial charge in [0.1, 0.15) is 0 Å². The lowest BCUT2D eigenvalue weighted by Gasteiger charge is -2.26. The number of benzene rings is 10. The minimum Gasteiger partial charge on any atom is -0.310 e. The van der Waals surface area contributed by atoms with Gasteiger partial charge in [0.2, 0.25) is 0 Å². The van der Waals surface area contributed by atoms with Crippen molar-refractivity contribution in [2.75, 3.05) is 4.90 Å². The number of aromatic nitrogens is 1. The molecule has 11 aromatic rings. The van der Waals surface area contributed by atoms with E-state index in [-0.39, 0.29) is 0 Å². The number of nitrogens with zero attached hydrogens (tertiary/aromatic N) is 2. The van der Waals surface area contributed by atoms with Gasteiger partial charge in [-0.3, -0.25) is 0 Å². The Bertz CT molecular complexity index is 3160. The first-order chi connectivity index (χ1) is 29.8. The number of hydrogen-bond donors (Lipinski definition) is 0. The summed E-state index contributed by atoms with van der Waals surface area (Å²) in [5, 5.41) is 4.90. The Kier molecular flexibility index (Phi) is 8.87. The summed E-state index contributed by atoms with van der Waals surface area (Å²) in [7, 11) is 0. The van der Waals surface area contributed by atoms with E-state index in [9.17, 15) is 0 Å². The van der Waals surface area contributed by atoms with Crippen LogP contribution in [0.1, 0.15) is 0 Å². The van der Waals surface area contributed by atoms with Crippen LogP contribution < -0.4 is 4.90 Å². The molecule has 0 fully saturated rings. The van der Waals surface area contributed by atoms with Crippen LogP contribution in [0.4, 0.5) is 17.1 Å². The van der Waals surface area contributed by atoms with E-state index in [1.54, 1.807) is 0 Å². The maximum Gasteiger partial charge on any atom is 0.0625 e. The van der Waals surface area contributed by atoms with Gasteiger partial charge in [0.15, 0.2) is 0 Å². The lowest BCUT2D eigenvalue weighted by atomic mass is 9.95. The average Bonchev–Trinajstić information content (AvgIpc) is 3.68. The summed E-state index contributed by atoms with van der Waals surface area (Å²) in [6.07, 6.45) is 0. The van der Waals surface area contributed by atoms with E-state index in [0.717, 1.165) is 28.3 Å². The molecule has 282 valence electrons. The van der Waals surface area contributed by atoms with Crippen LogP contribution >= 0.6 is 0 Å². The van der Waals surface area contributed by atoms with Crippen molar-refractivity contribution in [1.29, 1.82) is 0 Å². The van der Waals surface area contributed by atoms with E-state index >= 15 is 0 Å². The fourth-order valence-corrected chi connectivity index (χ4v) is 8.87. The molecule has 2 heteroatoms. The predicted molar refractivity (Wildman–Crippen MR) is 255 cm³/mol. The van der Waals surface area contributed by atoms with Gasteiger partial charge in [-0.25, -0.2) is 0 Å². The molecular weight excluding hydrogens is 725 g/mol. The van der Waals surface area contributed by atoms with E-state index in [0.29, 0.717) is 0 Å². The van der Waals surface area contributed by atoms with Crippen molar-refractivity contribution in [3.05, 3.63) is 243 Å². The van der Waals surface area contributed by atoms with E-state index in [1.165, 1.54) is 71.6 Å². The van der Waals surface area contributed by atoms with E-state index < -0.39 is 0 Å². The minimum absolute atomic E-state index is 1.08. The molecule has 0 radical (unpaired) electrons. The Morgan fingerprint density at radius 1 is 0.300 bits per heavy atom. The van der Waals surface area contributed by atoms with Gasteiger partial charge in [0, 0.05) is 38.9 Å². The van der Waals surface area contributed by atoms with Crippen LogP contribution in [0.25, 0.3) is 82.8 Å². The van der Waals surface area contributed by atoms with Gasteiger partial charge in [-0.2, -0.15) is 0 Å². The molecule has 0 N–H and O–H groups in total. The van der Waals surface area contributed by atoms with E-state index in [2.05, 4.69) is 252 Å². The third-order valence-corrected chi connectivity index (χ3v) is 11.8. The Morgan fingerprint density at radius 3 is 1.23 bits per heavy atom. The van der Waals surface area contributed by atoms with Crippen LogP contribution in [0.2, 0.25) is 0 Å². The molecule has 0 spiro atoms. The smallest absolute Gasteiger partial charge is 0.0625 e. The Hall–Kier alpha value is -7.94. The van der Waals surface area contributed by atoms with Crippen molar-refractivity contribution in [2.45, 2.75) is 0 Å². The second kappa shape index (κ2) is 15.1. The van der Waals surface area contributed by atoms with Crippen molar-refractivity contribution in [3.63, 3.8) is 0 Å².